The Morgan fingerprint density at radius 2 is 2.10 bits per heavy atom. The van der Waals surface area contributed by atoms with Crippen molar-refractivity contribution in [2.24, 2.45) is 0 Å². The van der Waals surface area contributed by atoms with Crippen LogP contribution in [0, 0.1) is 0 Å². The fourth-order valence-electron chi connectivity index (χ4n) is 2.81. The van der Waals surface area contributed by atoms with Crippen molar-refractivity contribution in [2.45, 2.75) is 24.8 Å². The van der Waals surface area contributed by atoms with E-state index in [4.69, 9.17) is 4.74 Å². The van der Waals surface area contributed by atoms with E-state index >= 15 is 0 Å². The van der Waals surface area contributed by atoms with Crippen LogP contribution < -0.4 is 4.72 Å². The summed E-state index contributed by atoms with van der Waals surface area (Å²) in [7, 11) is -3.61. The molecule has 5 nitrogen and oxygen atoms in total. The largest absolute Gasteiger partial charge is 0.394 e. The number of ether oxygens (including phenoxy) is 1. The number of nitrogens with one attached hydrogen (secondary N) is 1. The molecule has 1 heterocycles. The lowest BCUT2D eigenvalue weighted by Gasteiger charge is -2.27. The maximum Gasteiger partial charge on any atom is 0.237 e. The zero-order valence-electron chi connectivity index (χ0n) is 11.7. The first kappa shape index (κ1) is 14.7. The maximum atomic E-state index is 12.6. The Labute approximate surface area is 124 Å². The Bertz CT molecular complexity index is 660. The van der Waals surface area contributed by atoms with E-state index in [0.717, 1.165) is 11.1 Å². The van der Waals surface area contributed by atoms with E-state index in [2.05, 4.69) is 4.72 Å². The van der Waals surface area contributed by atoms with Crippen molar-refractivity contribution in [2.75, 3.05) is 19.8 Å². The van der Waals surface area contributed by atoms with E-state index < -0.39 is 15.6 Å². The second-order valence-corrected chi connectivity index (χ2v) is 7.39. The SMILES string of the molecule is O=S(=O)(NC1(CO)CCOC1)C1=Cc2ccccc2CC1. The van der Waals surface area contributed by atoms with Gasteiger partial charge in [0.25, 0.3) is 0 Å². The van der Waals surface area contributed by atoms with E-state index in [1.807, 2.05) is 24.3 Å². The number of fused-ring (bicyclic) bond motifs is 1. The summed E-state index contributed by atoms with van der Waals surface area (Å²) in [5.41, 5.74) is 1.23. The van der Waals surface area contributed by atoms with Crippen LogP contribution in [0.15, 0.2) is 29.2 Å². The van der Waals surface area contributed by atoms with Gasteiger partial charge < -0.3 is 9.84 Å². The van der Waals surface area contributed by atoms with E-state index in [1.165, 1.54) is 0 Å². The Kier molecular flexibility index (Phi) is 3.88. The van der Waals surface area contributed by atoms with Gasteiger partial charge in [-0.3, -0.25) is 0 Å². The van der Waals surface area contributed by atoms with Gasteiger partial charge in [0.15, 0.2) is 0 Å². The van der Waals surface area contributed by atoms with Crippen LogP contribution in [0.25, 0.3) is 6.08 Å². The molecule has 3 rings (SSSR count). The summed E-state index contributed by atoms with van der Waals surface area (Å²) in [6.45, 7) is 0.424. The van der Waals surface area contributed by atoms with Crippen molar-refractivity contribution in [3.05, 3.63) is 40.3 Å². The second-order valence-electron chi connectivity index (χ2n) is 5.66. The molecule has 2 N–H and O–H groups in total. The van der Waals surface area contributed by atoms with Gasteiger partial charge in [-0.05, 0) is 36.5 Å². The summed E-state index contributed by atoms with van der Waals surface area (Å²) in [4.78, 5) is 0.376. The average molecular weight is 309 g/mol. The van der Waals surface area contributed by atoms with Gasteiger partial charge in [-0.1, -0.05) is 24.3 Å². The van der Waals surface area contributed by atoms with Gasteiger partial charge in [-0.25, -0.2) is 13.1 Å². The van der Waals surface area contributed by atoms with Crippen LogP contribution >= 0.6 is 0 Å². The molecule has 1 aliphatic heterocycles. The molecular weight excluding hydrogens is 290 g/mol. The average Bonchev–Trinajstić information content (AvgIpc) is 2.95. The number of aliphatic hydroxyl groups excluding tert-OH is 1. The highest BCUT2D eigenvalue weighted by Gasteiger charge is 2.39. The van der Waals surface area contributed by atoms with Crippen LogP contribution in [-0.2, 0) is 21.2 Å². The summed E-state index contributed by atoms with van der Waals surface area (Å²) in [6, 6.07) is 7.80. The zero-order chi connectivity index (χ0) is 14.9. The molecule has 1 aliphatic carbocycles. The fourth-order valence-corrected chi connectivity index (χ4v) is 4.39. The third-order valence-corrected chi connectivity index (χ3v) is 5.83. The molecule has 6 heteroatoms. The summed E-state index contributed by atoms with van der Waals surface area (Å²) < 4.78 is 33.0. The lowest BCUT2D eigenvalue weighted by atomic mass is 9.98. The summed E-state index contributed by atoms with van der Waals surface area (Å²) in [5.74, 6) is 0. The standard InChI is InChI=1S/C15H19NO4S/c17-10-15(7-8-20-11-15)16-21(18,19)14-6-5-12-3-1-2-4-13(12)9-14/h1-4,9,16-17H,5-8,10-11H2. The number of aliphatic hydroxyl groups is 1. The van der Waals surface area contributed by atoms with Crippen molar-refractivity contribution in [1.29, 1.82) is 0 Å². The molecule has 0 spiro atoms. The highest BCUT2D eigenvalue weighted by atomic mass is 32.2. The highest BCUT2D eigenvalue weighted by Crippen LogP contribution is 2.28. The molecule has 0 radical (unpaired) electrons. The number of hydrogen-bond donors (Lipinski definition) is 2. The van der Waals surface area contributed by atoms with Crippen LogP contribution in [0.5, 0.6) is 0 Å². The number of allylic oxidation sites excluding steroid dienone is 1. The molecule has 1 aromatic carbocycles. The molecule has 0 bridgehead atoms. The Morgan fingerprint density at radius 1 is 1.29 bits per heavy atom. The summed E-state index contributed by atoms with van der Waals surface area (Å²) >= 11 is 0. The maximum absolute atomic E-state index is 12.6. The van der Waals surface area contributed by atoms with Gasteiger partial charge in [0.05, 0.1) is 23.7 Å². The van der Waals surface area contributed by atoms with Gasteiger partial charge >= 0.3 is 0 Å². The Hall–Kier alpha value is -1.21. The van der Waals surface area contributed by atoms with Crippen LogP contribution in [0.4, 0.5) is 0 Å². The molecule has 114 valence electrons. The molecule has 0 amide bonds. The minimum absolute atomic E-state index is 0.215. The van der Waals surface area contributed by atoms with E-state index in [-0.39, 0.29) is 13.2 Å². The third kappa shape index (κ3) is 2.89. The van der Waals surface area contributed by atoms with Crippen LogP contribution in [-0.4, -0.2) is 38.9 Å². The molecule has 21 heavy (non-hydrogen) atoms. The minimum atomic E-state index is -3.61. The minimum Gasteiger partial charge on any atom is -0.394 e. The van der Waals surface area contributed by atoms with Crippen molar-refractivity contribution in [1.82, 2.24) is 4.72 Å². The lowest BCUT2D eigenvalue weighted by Crippen LogP contribution is -2.52. The molecule has 1 aromatic rings. The van der Waals surface area contributed by atoms with Gasteiger partial charge in [-0.2, -0.15) is 0 Å². The Morgan fingerprint density at radius 3 is 2.81 bits per heavy atom. The van der Waals surface area contributed by atoms with Gasteiger partial charge in [0.2, 0.25) is 10.0 Å². The predicted octanol–water partition coefficient (Wildman–Crippen LogP) is 1.04. The second kappa shape index (κ2) is 5.53. The van der Waals surface area contributed by atoms with Crippen LogP contribution in [0.3, 0.4) is 0 Å². The van der Waals surface area contributed by atoms with Crippen molar-refractivity contribution in [3.63, 3.8) is 0 Å². The fraction of sp³-hybridized carbons (Fsp3) is 0.467. The zero-order valence-corrected chi connectivity index (χ0v) is 12.5. The van der Waals surface area contributed by atoms with Gasteiger partial charge in [0.1, 0.15) is 0 Å². The molecule has 0 aromatic heterocycles. The summed E-state index contributed by atoms with van der Waals surface area (Å²) in [5, 5.41) is 9.51. The highest BCUT2D eigenvalue weighted by molar-refractivity contribution is 7.93. The van der Waals surface area contributed by atoms with Crippen molar-refractivity contribution < 1.29 is 18.3 Å². The number of benzene rings is 1. The smallest absolute Gasteiger partial charge is 0.237 e. The molecule has 1 unspecified atom stereocenters. The third-order valence-electron chi connectivity index (χ3n) is 4.11. The molecule has 0 saturated carbocycles. The van der Waals surface area contributed by atoms with E-state index in [1.54, 1.807) is 6.08 Å². The molecule has 1 saturated heterocycles. The molecule has 2 aliphatic rings. The van der Waals surface area contributed by atoms with Crippen LogP contribution in [0.2, 0.25) is 0 Å². The van der Waals surface area contributed by atoms with Gasteiger partial charge in [-0.15, -0.1) is 0 Å². The molecule has 1 atom stereocenters. The first-order valence-electron chi connectivity index (χ1n) is 7.06. The number of aryl methyl sites for hydroxylation is 1. The first-order valence-corrected chi connectivity index (χ1v) is 8.54. The predicted molar refractivity (Wildman–Crippen MR) is 80.0 cm³/mol. The number of hydrogen-bond acceptors (Lipinski definition) is 4. The Balaban J connectivity index is 1.88. The van der Waals surface area contributed by atoms with Gasteiger partial charge in [0, 0.05) is 6.61 Å². The quantitative estimate of drug-likeness (QED) is 0.871. The lowest BCUT2D eigenvalue weighted by molar-refractivity contribution is 0.135. The number of sulfonamides is 1. The normalized spacial score (nSPS) is 25.5. The molecular formula is C15H19NO4S. The topological polar surface area (TPSA) is 75.6 Å². The molecule has 1 fully saturated rings. The number of rotatable bonds is 4. The first-order chi connectivity index (χ1) is 10.0. The monoisotopic (exact) mass is 309 g/mol. The van der Waals surface area contributed by atoms with Crippen molar-refractivity contribution in [3.8, 4) is 0 Å². The van der Waals surface area contributed by atoms with Crippen LogP contribution in [0.1, 0.15) is 24.0 Å². The van der Waals surface area contributed by atoms with Crippen molar-refractivity contribution >= 4 is 16.1 Å². The van der Waals surface area contributed by atoms with E-state index in [9.17, 15) is 13.5 Å². The summed E-state index contributed by atoms with van der Waals surface area (Å²) in [6.07, 6.45) is 3.41. The van der Waals surface area contributed by atoms with E-state index in [0.29, 0.717) is 30.8 Å².